The van der Waals surface area contributed by atoms with Gasteiger partial charge in [-0.25, -0.2) is 4.99 Å². The van der Waals surface area contributed by atoms with E-state index in [4.69, 9.17) is 5.73 Å². The summed E-state index contributed by atoms with van der Waals surface area (Å²) in [4.78, 5) is 4.33. The molecular formula is C16H20IN3. The number of guanidine groups is 1. The third kappa shape index (κ3) is 5.21. The molecule has 0 unspecified atom stereocenters. The summed E-state index contributed by atoms with van der Waals surface area (Å²) in [7, 11) is 0. The van der Waals surface area contributed by atoms with E-state index in [1.54, 1.807) is 0 Å². The maximum absolute atomic E-state index is 5.88. The van der Waals surface area contributed by atoms with Crippen LogP contribution in [0.25, 0.3) is 0 Å². The van der Waals surface area contributed by atoms with Gasteiger partial charge in [0.25, 0.3) is 0 Å². The number of nitrogens with one attached hydrogen (secondary N) is 1. The highest BCUT2D eigenvalue weighted by atomic mass is 127. The molecule has 0 radical (unpaired) electrons. The van der Waals surface area contributed by atoms with Gasteiger partial charge in [0.1, 0.15) is 0 Å². The van der Waals surface area contributed by atoms with Crippen LogP contribution in [0.2, 0.25) is 0 Å². The molecule has 0 fully saturated rings. The highest BCUT2D eigenvalue weighted by Crippen LogP contribution is 2.10. The van der Waals surface area contributed by atoms with Gasteiger partial charge in [-0.2, -0.15) is 0 Å². The Kier molecular flexibility index (Phi) is 7.08. The van der Waals surface area contributed by atoms with Crippen LogP contribution in [0.5, 0.6) is 0 Å². The van der Waals surface area contributed by atoms with Gasteiger partial charge in [0.2, 0.25) is 0 Å². The minimum atomic E-state index is 0. The third-order valence-electron chi connectivity index (χ3n) is 2.88. The zero-order valence-corrected chi connectivity index (χ0v) is 13.9. The molecule has 0 heterocycles. The number of nitrogens with zero attached hydrogens (tertiary/aromatic N) is 1. The first-order chi connectivity index (χ1) is 9.28. The number of nitrogens with two attached hydrogens (primary N) is 1. The fourth-order valence-corrected chi connectivity index (χ4v) is 1.82. The van der Waals surface area contributed by atoms with E-state index < -0.39 is 0 Å². The molecule has 0 bridgehead atoms. The molecule has 106 valence electrons. The van der Waals surface area contributed by atoms with Gasteiger partial charge in [-0.15, -0.1) is 24.0 Å². The normalized spacial score (nSPS) is 10.8. The van der Waals surface area contributed by atoms with Crippen molar-refractivity contribution >= 4 is 35.6 Å². The summed E-state index contributed by atoms with van der Waals surface area (Å²) in [6.07, 6.45) is 1.01. The Morgan fingerprint density at radius 1 is 1.05 bits per heavy atom. The van der Waals surface area contributed by atoms with Crippen LogP contribution in [0, 0.1) is 0 Å². The SMILES string of the molecule is CCc1cccc(NC(N)=NCc2ccccc2)c1.I. The highest BCUT2D eigenvalue weighted by molar-refractivity contribution is 14.0. The second-order valence-corrected chi connectivity index (χ2v) is 4.37. The van der Waals surface area contributed by atoms with E-state index in [1.807, 2.05) is 42.5 Å². The number of hydrogen-bond acceptors (Lipinski definition) is 1. The van der Waals surface area contributed by atoms with Crippen molar-refractivity contribution in [3.63, 3.8) is 0 Å². The fraction of sp³-hybridized carbons (Fsp3) is 0.188. The van der Waals surface area contributed by atoms with Gasteiger partial charge in [-0.1, -0.05) is 49.4 Å². The lowest BCUT2D eigenvalue weighted by Gasteiger charge is -2.07. The van der Waals surface area contributed by atoms with E-state index in [2.05, 4.69) is 29.4 Å². The fourth-order valence-electron chi connectivity index (χ4n) is 1.82. The van der Waals surface area contributed by atoms with Crippen LogP contribution in [-0.4, -0.2) is 5.96 Å². The molecular weight excluding hydrogens is 361 g/mol. The topological polar surface area (TPSA) is 50.4 Å². The lowest BCUT2D eigenvalue weighted by atomic mass is 10.1. The molecule has 0 aromatic heterocycles. The second kappa shape index (κ2) is 8.58. The average molecular weight is 381 g/mol. The minimum Gasteiger partial charge on any atom is -0.370 e. The molecule has 3 nitrogen and oxygen atoms in total. The smallest absolute Gasteiger partial charge is 0.193 e. The number of rotatable bonds is 4. The predicted octanol–water partition coefficient (Wildman–Crippen LogP) is 3.79. The standard InChI is InChI=1S/C16H19N3.HI/c1-2-13-9-6-10-15(11-13)19-16(17)18-12-14-7-4-3-5-8-14;/h3-11H,2,12H2,1H3,(H3,17,18,19);1H. The van der Waals surface area contributed by atoms with Crippen molar-refractivity contribution in [1.82, 2.24) is 0 Å². The molecule has 3 N–H and O–H groups in total. The summed E-state index contributed by atoms with van der Waals surface area (Å²) in [5.41, 5.74) is 9.29. The molecule has 0 saturated heterocycles. The van der Waals surface area contributed by atoms with Gasteiger partial charge < -0.3 is 11.1 Å². The molecule has 2 aromatic carbocycles. The Morgan fingerprint density at radius 3 is 2.45 bits per heavy atom. The van der Waals surface area contributed by atoms with Crippen molar-refractivity contribution in [3.8, 4) is 0 Å². The zero-order chi connectivity index (χ0) is 13.5. The summed E-state index contributed by atoms with van der Waals surface area (Å²) in [6.45, 7) is 2.72. The van der Waals surface area contributed by atoms with Crippen molar-refractivity contribution in [2.24, 2.45) is 10.7 Å². The molecule has 2 aromatic rings. The Balaban J connectivity index is 0.00000200. The molecule has 0 spiro atoms. The van der Waals surface area contributed by atoms with Crippen molar-refractivity contribution in [2.75, 3.05) is 5.32 Å². The number of aliphatic imine (C=N–C) groups is 1. The number of halogens is 1. The van der Waals surface area contributed by atoms with Crippen LogP contribution in [0.15, 0.2) is 59.6 Å². The van der Waals surface area contributed by atoms with Crippen LogP contribution in [0.1, 0.15) is 18.1 Å². The summed E-state index contributed by atoms with van der Waals surface area (Å²) in [5.74, 6) is 0.442. The van der Waals surface area contributed by atoms with Crippen LogP contribution in [0.4, 0.5) is 5.69 Å². The Hall–Kier alpha value is -1.56. The number of anilines is 1. The van der Waals surface area contributed by atoms with Crippen LogP contribution >= 0.6 is 24.0 Å². The number of benzene rings is 2. The molecule has 0 atom stereocenters. The molecule has 2 rings (SSSR count). The van der Waals surface area contributed by atoms with Gasteiger partial charge in [-0.05, 0) is 29.7 Å². The van der Waals surface area contributed by atoms with Gasteiger partial charge in [-0.3, -0.25) is 0 Å². The molecule has 0 aliphatic heterocycles. The van der Waals surface area contributed by atoms with Crippen LogP contribution < -0.4 is 11.1 Å². The van der Waals surface area contributed by atoms with Crippen molar-refractivity contribution in [1.29, 1.82) is 0 Å². The lowest BCUT2D eigenvalue weighted by molar-refractivity contribution is 1.06. The molecule has 4 heteroatoms. The molecule has 20 heavy (non-hydrogen) atoms. The first-order valence-electron chi connectivity index (χ1n) is 6.47. The zero-order valence-electron chi connectivity index (χ0n) is 11.5. The van der Waals surface area contributed by atoms with Gasteiger partial charge in [0.15, 0.2) is 5.96 Å². The van der Waals surface area contributed by atoms with Gasteiger partial charge in [0.05, 0.1) is 6.54 Å². The summed E-state index contributed by atoms with van der Waals surface area (Å²) in [5, 5.41) is 3.11. The average Bonchev–Trinajstić information content (AvgIpc) is 2.46. The minimum absolute atomic E-state index is 0. The van der Waals surface area contributed by atoms with Crippen LogP contribution in [-0.2, 0) is 13.0 Å². The Morgan fingerprint density at radius 2 is 1.75 bits per heavy atom. The van der Waals surface area contributed by atoms with Crippen molar-refractivity contribution < 1.29 is 0 Å². The quantitative estimate of drug-likeness (QED) is 0.481. The van der Waals surface area contributed by atoms with E-state index in [9.17, 15) is 0 Å². The molecule has 0 aliphatic rings. The maximum atomic E-state index is 5.88. The predicted molar refractivity (Wildman–Crippen MR) is 96.6 cm³/mol. The monoisotopic (exact) mass is 381 g/mol. The summed E-state index contributed by atoms with van der Waals surface area (Å²) < 4.78 is 0. The second-order valence-electron chi connectivity index (χ2n) is 4.37. The van der Waals surface area contributed by atoms with Gasteiger partial charge >= 0.3 is 0 Å². The van der Waals surface area contributed by atoms with Crippen LogP contribution in [0.3, 0.4) is 0 Å². The van der Waals surface area contributed by atoms with Gasteiger partial charge in [0, 0.05) is 5.69 Å². The van der Waals surface area contributed by atoms with E-state index in [1.165, 1.54) is 5.56 Å². The summed E-state index contributed by atoms with van der Waals surface area (Å²) in [6, 6.07) is 18.3. The number of aryl methyl sites for hydroxylation is 1. The van der Waals surface area contributed by atoms with E-state index >= 15 is 0 Å². The summed E-state index contributed by atoms with van der Waals surface area (Å²) >= 11 is 0. The first-order valence-corrected chi connectivity index (χ1v) is 6.47. The first kappa shape index (κ1) is 16.5. The Bertz CT molecular complexity index is 553. The number of hydrogen-bond donors (Lipinski definition) is 2. The van der Waals surface area contributed by atoms with E-state index in [0.717, 1.165) is 17.7 Å². The van der Waals surface area contributed by atoms with E-state index in [0.29, 0.717) is 12.5 Å². The third-order valence-corrected chi connectivity index (χ3v) is 2.88. The molecule has 0 aliphatic carbocycles. The maximum Gasteiger partial charge on any atom is 0.193 e. The molecule has 0 saturated carbocycles. The highest BCUT2D eigenvalue weighted by Gasteiger charge is 1.96. The van der Waals surface area contributed by atoms with Crippen molar-refractivity contribution in [3.05, 3.63) is 65.7 Å². The van der Waals surface area contributed by atoms with E-state index in [-0.39, 0.29) is 24.0 Å². The lowest BCUT2D eigenvalue weighted by Crippen LogP contribution is -2.22. The van der Waals surface area contributed by atoms with Crippen molar-refractivity contribution in [2.45, 2.75) is 19.9 Å². The largest absolute Gasteiger partial charge is 0.370 e. The Labute approximate surface area is 137 Å². The molecule has 0 amide bonds.